The molecule has 3 rings (SSSR count). The summed E-state index contributed by atoms with van der Waals surface area (Å²) < 4.78 is 0. The highest BCUT2D eigenvalue weighted by Gasteiger charge is 2.26. The average Bonchev–Trinajstić information content (AvgIpc) is 2.88. The summed E-state index contributed by atoms with van der Waals surface area (Å²) in [7, 11) is 0. The van der Waals surface area contributed by atoms with E-state index in [-0.39, 0.29) is 0 Å². The summed E-state index contributed by atoms with van der Waals surface area (Å²) in [5.74, 6) is 0. The third-order valence-electron chi connectivity index (χ3n) is 4.41. The molecule has 0 unspecified atom stereocenters. The Morgan fingerprint density at radius 2 is 1.84 bits per heavy atom. The van der Waals surface area contributed by atoms with Crippen molar-refractivity contribution in [1.82, 2.24) is 15.1 Å². The Morgan fingerprint density at radius 3 is 2.63 bits per heavy atom. The minimum atomic E-state index is 0.762. The second-order valence-electron chi connectivity index (χ2n) is 5.80. The topological polar surface area (TPSA) is 18.5 Å². The molecule has 104 valence electrons. The fraction of sp³-hybridized carbons (Fsp3) is 0.625. The van der Waals surface area contributed by atoms with E-state index in [0.717, 1.165) is 25.7 Å². The molecule has 0 amide bonds. The van der Waals surface area contributed by atoms with E-state index in [1.807, 2.05) is 0 Å². The molecule has 3 heteroatoms. The predicted molar refractivity (Wildman–Crippen MR) is 79.2 cm³/mol. The van der Waals surface area contributed by atoms with Gasteiger partial charge in [0.05, 0.1) is 0 Å². The molecule has 2 fully saturated rings. The monoisotopic (exact) mass is 259 g/mol. The van der Waals surface area contributed by atoms with E-state index >= 15 is 0 Å². The van der Waals surface area contributed by atoms with Crippen molar-refractivity contribution < 1.29 is 0 Å². The first kappa shape index (κ1) is 13.1. The van der Waals surface area contributed by atoms with Crippen LogP contribution in [0.2, 0.25) is 0 Å². The largest absolute Gasteiger partial charge is 0.314 e. The Bertz CT molecular complexity index is 373. The first-order valence-electron chi connectivity index (χ1n) is 7.63. The molecule has 0 aromatic heterocycles. The van der Waals surface area contributed by atoms with Gasteiger partial charge in [0.1, 0.15) is 0 Å². The molecule has 0 saturated carbocycles. The number of benzene rings is 1. The van der Waals surface area contributed by atoms with Gasteiger partial charge in [0, 0.05) is 45.3 Å². The number of piperazine rings is 1. The van der Waals surface area contributed by atoms with E-state index in [0.29, 0.717) is 0 Å². The van der Waals surface area contributed by atoms with Gasteiger partial charge in [-0.1, -0.05) is 30.3 Å². The summed E-state index contributed by atoms with van der Waals surface area (Å²) in [4.78, 5) is 5.31. The molecule has 2 heterocycles. The molecule has 1 N–H and O–H groups in total. The Morgan fingerprint density at radius 1 is 1.05 bits per heavy atom. The van der Waals surface area contributed by atoms with Crippen LogP contribution in [0.25, 0.3) is 0 Å². The molecule has 2 aliphatic rings. The van der Waals surface area contributed by atoms with Gasteiger partial charge in [-0.15, -0.1) is 0 Å². The predicted octanol–water partition coefficient (Wildman–Crippen LogP) is 1.56. The summed E-state index contributed by atoms with van der Waals surface area (Å²) in [6.45, 7) is 8.40. The molecule has 0 radical (unpaired) electrons. The molecule has 2 saturated heterocycles. The smallest absolute Gasteiger partial charge is 0.0237 e. The fourth-order valence-corrected chi connectivity index (χ4v) is 3.32. The zero-order valence-corrected chi connectivity index (χ0v) is 11.7. The van der Waals surface area contributed by atoms with Crippen molar-refractivity contribution >= 4 is 0 Å². The van der Waals surface area contributed by atoms with Gasteiger partial charge < -0.3 is 5.32 Å². The van der Waals surface area contributed by atoms with E-state index < -0.39 is 0 Å². The molecule has 0 bridgehead atoms. The Labute approximate surface area is 116 Å². The van der Waals surface area contributed by atoms with Crippen LogP contribution in [0.1, 0.15) is 18.4 Å². The second kappa shape index (κ2) is 6.51. The summed E-state index contributed by atoms with van der Waals surface area (Å²) in [6, 6.07) is 11.7. The molecule has 1 atom stereocenters. The summed E-state index contributed by atoms with van der Waals surface area (Å²) in [5, 5.41) is 3.44. The van der Waals surface area contributed by atoms with E-state index in [4.69, 9.17) is 0 Å². The van der Waals surface area contributed by atoms with Crippen molar-refractivity contribution in [2.75, 3.05) is 39.3 Å². The third-order valence-corrected chi connectivity index (χ3v) is 4.41. The lowest BCUT2D eigenvalue weighted by Crippen LogP contribution is -2.48. The van der Waals surface area contributed by atoms with Gasteiger partial charge in [-0.25, -0.2) is 0 Å². The third kappa shape index (κ3) is 3.56. The second-order valence-corrected chi connectivity index (χ2v) is 5.80. The maximum atomic E-state index is 3.44. The Kier molecular flexibility index (Phi) is 4.49. The van der Waals surface area contributed by atoms with Crippen molar-refractivity contribution in [2.24, 2.45) is 0 Å². The van der Waals surface area contributed by atoms with Gasteiger partial charge in [0.15, 0.2) is 0 Å². The maximum Gasteiger partial charge on any atom is 0.0237 e. The molecule has 0 spiro atoms. The van der Waals surface area contributed by atoms with Crippen LogP contribution >= 0.6 is 0 Å². The molecule has 3 nitrogen and oxygen atoms in total. The highest BCUT2D eigenvalue weighted by molar-refractivity contribution is 5.14. The van der Waals surface area contributed by atoms with Crippen LogP contribution in [0.15, 0.2) is 30.3 Å². The van der Waals surface area contributed by atoms with Crippen molar-refractivity contribution in [1.29, 1.82) is 0 Å². The van der Waals surface area contributed by atoms with Crippen molar-refractivity contribution in [3.05, 3.63) is 35.9 Å². The molecule has 0 aliphatic carbocycles. The van der Waals surface area contributed by atoms with Crippen LogP contribution in [0.4, 0.5) is 0 Å². The van der Waals surface area contributed by atoms with Crippen LogP contribution in [0, 0.1) is 0 Å². The van der Waals surface area contributed by atoms with Gasteiger partial charge in [-0.05, 0) is 24.9 Å². The summed E-state index contributed by atoms with van der Waals surface area (Å²) in [6.07, 6.45) is 2.74. The normalized spacial score (nSPS) is 25.8. The molecular weight excluding hydrogens is 234 g/mol. The Balaban J connectivity index is 1.55. The van der Waals surface area contributed by atoms with E-state index in [2.05, 4.69) is 45.4 Å². The molecule has 1 aromatic carbocycles. The lowest BCUT2D eigenvalue weighted by atomic mass is 10.1. The molecule has 2 aliphatic heterocycles. The van der Waals surface area contributed by atoms with Crippen LogP contribution in [-0.2, 0) is 6.54 Å². The summed E-state index contributed by atoms with van der Waals surface area (Å²) >= 11 is 0. The maximum absolute atomic E-state index is 3.44. The quantitative estimate of drug-likeness (QED) is 0.885. The van der Waals surface area contributed by atoms with Crippen LogP contribution in [0.3, 0.4) is 0 Å². The molecule has 19 heavy (non-hydrogen) atoms. The number of likely N-dealkylation sites (tertiary alicyclic amines) is 1. The first-order chi connectivity index (χ1) is 9.42. The number of hydrogen-bond acceptors (Lipinski definition) is 3. The number of rotatable bonds is 4. The van der Waals surface area contributed by atoms with Gasteiger partial charge in [0.25, 0.3) is 0 Å². The van der Waals surface area contributed by atoms with Crippen LogP contribution < -0.4 is 5.32 Å². The van der Waals surface area contributed by atoms with Crippen molar-refractivity contribution in [3.8, 4) is 0 Å². The van der Waals surface area contributed by atoms with Crippen molar-refractivity contribution in [2.45, 2.75) is 25.4 Å². The van der Waals surface area contributed by atoms with E-state index in [1.54, 1.807) is 0 Å². The van der Waals surface area contributed by atoms with Gasteiger partial charge >= 0.3 is 0 Å². The standard InChI is InChI=1S/C16H25N3/c1-2-5-15(6-3-1)13-19-10-4-7-16(19)14-18-11-8-17-9-12-18/h1-3,5-6,16-17H,4,7-14H2/t16-/m1/s1. The molecular formula is C16H25N3. The van der Waals surface area contributed by atoms with Crippen LogP contribution in [0.5, 0.6) is 0 Å². The van der Waals surface area contributed by atoms with Gasteiger partial charge in [-0.2, -0.15) is 0 Å². The van der Waals surface area contributed by atoms with Gasteiger partial charge in [0.2, 0.25) is 0 Å². The van der Waals surface area contributed by atoms with E-state index in [1.165, 1.54) is 44.6 Å². The molecule has 1 aromatic rings. The van der Waals surface area contributed by atoms with Crippen molar-refractivity contribution in [3.63, 3.8) is 0 Å². The summed E-state index contributed by atoms with van der Waals surface area (Å²) in [5.41, 5.74) is 1.45. The van der Waals surface area contributed by atoms with Gasteiger partial charge in [-0.3, -0.25) is 9.80 Å². The average molecular weight is 259 g/mol. The minimum Gasteiger partial charge on any atom is -0.314 e. The first-order valence-corrected chi connectivity index (χ1v) is 7.63. The number of nitrogens with one attached hydrogen (secondary N) is 1. The zero-order valence-electron chi connectivity index (χ0n) is 11.7. The lowest BCUT2D eigenvalue weighted by Gasteiger charge is -2.33. The van der Waals surface area contributed by atoms with Crippen LogP contribution in [-0.4, -0.2) is 55.1 Å². The zero-order chi connectivity index (χ0) is 12.9. The lowest BCUT2D eigenvalue weighted by molar-refractivity contribution is 0.155. The minimum absolute atomic E-state index is 0.762. The Hall–Kier alpha value is -0.900. The number of nitrogens with zero attached hydrogens (tertiary/aromatic N) is 2. The highest BCUT2D eigenvalue weighted by Crippen LogP contribution is 2.21. The number of hydrogen-bond donors (Lipinski definition) is 1. The van der Waals surface area contributed by atoms with E-state index in [9.17, 15) is 0 Å². The SMILES string of the molecule is c1ccc(CN2CCC[C@@H]2CN2CCNCC2)cc1. The highest BCUT2D eigenvalue weighted by atomic mass is 15.3. The fourth-order valence-electron chi connectivity index (χ4n) is 3.32.